The van der Waals surface area contributed by atoms with Gasteiger partial charge in [0, 0.05) is 25.0 Å². The number of carbonyl (C=O) groups is 1. The number of carboxylic acids is 1. The molecule has 2 atom stereocenters. The van der Waals surface area contributed by atoms with Crippen molar-refractivity contribution in [3.8, 4) is 0 Å². The Morgan fingerprint density at radius 3 is 2.72 bits per heavy atom. The lowest BCUT2D eigenvalue weighted by Gasteiger charge is -2.28. The second-order valence-corrected chi connectivity index (χ2v) is 5.66. The van der Waals surface area contributed by atoms with Crippen molar-refractivity contribution < 1.29 is 9.90 Å². The molecule has 0 spiro atoms. The van der Waals surface area contributed by atoms with E-state index in [1.807, 2.05) is 0 Å². The molecular formula is C14H26N2O2. The molecule has 0 aliphatic carbocycles. The molecule has 2 fully saturated rings. The maximum Gasteiger partial charge on any atom is 0.303 e. The van der Waals surface area contributed by atoms with Crippen molar-refractivity contribution in [3.63, 3.8) is 0 Å². The average Bonchev–Trinajstić information content (AvgIpc) is 2.60. The minimum absolute atomic E-state index is 0.324. The molecule has 2 aliphatic rings. The Labute approximate surface area is 110 Å². The Morgan fingerprint density at radius 2 is 2.00 bits per heavy atom. The third-order valence-corrected chi connectivity index (χ3v) is 4.52. The average molecular weight is 254 g/mol. The van der Waals surface area contributed by atoms with Crippen LogP contribution in [0.25, 0.3) is 0 Å². The number of rotatable bonds is 6. The predicted octanol–water partition coefficient (Wildman–Crippen LogP) is 1.80. The summed E-state index contributed by atoms with van der Waals surface area (Å²) >= 11 is 0. The summed E-state index contributed by atoms with van der Waals surface area (Å²) in [7, 11) is 0. The minimum atomic E-state index is -0.661. The van der Waals surface area contributed by atoms with Gasteiger partial charge in [-0.25, -0.2) is 0 Å². The predicted molar refractivity (Wildman–Crippen MR) is 71.7 cm³/mol. The first kappa shape index (κ1) is 13.8. The number of likely N-dealkylation sites (tertiary alicyclic amines) is 1. The number of carboxylic acid groups (broad SMARTS) is 1. The molecular weight excluding hydrogens is 228 g/mol. The monoisotopic (exact) mass is 254 g/mol. The number of hydrogen-bond acceptors (Lipinski definition) is 3. The number of aliphatic carboxylic acids is 1. The van der Waals surface area contributed by atoms with Gasteiger partial charge in [-0.3, -0.25) is 9.69 Å². The van der Waals surface area contributed by atoms with E-state index in [-0.39, 0.29) is 0 Å². The van der Waals surface area contributed by atoms with Crippen LogP contribution >= 0.6 is 0 Å². The number of fused-ring (bicyclic) bond motifs is 2. The molecule has 18 heavy (non-hydrogen) atoms. The Bertz CT molecular complexity index is 283. The lowest BCUT2D eigenvalue weighted by molar-refractivity contribution is -0.137. The van der Waals surface area contributed by atoms with Gasteiger partial charge >= 0.3 is 5.97 Å². The highest BCUT2D eigenvalue weighted by Gasteiger charge is 2.36. The van der Waals surface area contributed by atoms with Gasteiger partial charge in [0.05, 0.1) is 0 Å². The van der Waals surface area contributed by atoms with Crippen LogP contribution in [-0.2, 0) is 4.79 Å². The van der Waals surface area contributed by atoms with Gasteiger partial charge in [0.25, 0.3) is 0 Å². The highest BCUT2D eigenvalue weighted by molar-refractivity contribution is 5.66. The Hall–Kier alpha value is -0.610. The van der Waals surface area contributed by atoms with E-state index in [4.69, 9.17) is 5.11 Å². The van der Waals surface area contributed by atoms with E-state index in [1.54, 1.807) is 0 Å². The first-order valence-corrected chi connectivity index (χ1v) is 7.40. The zero-order valence-electron chi connectivity index (χ0n) is 11.5. The van der Waals surface area contributed by atoms with Crippen LogP contribution in [0.4, 0.5) is 0 Å². The van der Waals surface area contributed by atoms with E-state index < -0.39 is 5.97 Å². The Kier molecular flexibility index (Phi) is 5.01. The molecule has 4 nitrogen and oxygen atoms in total. The summed E-state index contributed by atoms with van der Waals surface area (Å²) in [5.74, 6) is -0.661. The molecule has 104 valence electrons. The van der Waals surface area contributed by atoms with E-state index in [9.17, 15) is 4.79 Å². The van der Waals surface area contributed by atoms with Crippen LogP contribution < -0.4 is 0 Å². The summed E-state index contributed by atoms with van der Waals surface area (Å²) in [6.45, 7) is 6.96. The molecule has 2 aliphatic heterocycles. The number of unbranched alkanes of at least 4 members (excludes halogenated alkanes) is 1. The SMILES string of the molecule is CCN1CCC2CCC(C1)N2CCCCC(=O)O. The van der Waals surface area contributed by atoms with Gasteiger partial charge in [-0.2, -0.15) is 0 Å². The molecule has 2 saturated heterocycles. The maximum atomic E-state index is 10.5. The molecule has 0 aromatic carbocycles. The second-order valence-electron chi connectivity index (χ2n) is 5.66. The molecule has 0 amide bonds. The van der Waals surface area contributed by atoms with Gasteiger partial charge in [0.15, 0.2) is 0 Å². The summed E-state index contributed by atoms with van der Waals surface area (Å²) in [5, 5.41) is 8.66. The van der Waals surface area contributed by atoms with Crippen LogP contribution in [0.1, 0.15) is 45.4 Å². The molecule has 0 aromatic heterocycles. The summed E-state index contributed by atoms with van der Waals surface area (Å²) in [6.07, 6.45) is 6.16. The first-order chi connectivity index (χ1) is 8.70. The maximum absolute atomic E-state index is 10.5. The molecule has 2 bridgehead atoms. The Balaban J connectivity index is 1.79. The van der Waals surface area contributed by atoms with Gasteiger partial charge in [-0.05, 0) is 51.7 Å². The molecule has 0 aromatic rings. The van der Waals surface area contributed by atoms with Crippen molar-refractivity contribution >= 4 is 5.97 Å². The lowest BCUT2D eigenvalue weighted by atomic mass is 10.1. The fraction of sp³-hybridized carbons (Fsp3) is 0.929. The van der Waals surface area contributed by atoms with Gasteiger partial charge < -0.3 is 10.0 Å². The van der Waals surface area contributed by atoms with Crippen LogP contribution in [0.2, 0.25) is 0 Å². The normalized spacial score (nSPS) is 29.4. The van der Waals surface area contributed by atoms with E-state index >= 15 is 0 Å². The van der Waals surface area contributed by atoms with E-state index in [2.05, 4.69) is 16.7 Å². The molecule has 2 heterocycles. The third kappa shape index (κ3) is 3.45. The topological polar surface area (TPSA) is 43.8 Å². The molecule has 0 saturated carbocycles. The van der Waals surface area contributed by atoms with Crippen LogP contribution in [0.5, 0.6) is 0 Å². The van der Waals surface area contributed by atoms with E-state index in [1.165, 1.54) is 32.4 Å². The smallest absolute Gasteiger partial charge is 0.303 e. The number of nitrogens with zero attached hydrogens (tertiary/aromatic N) is 2. The van der Waals surface area contributed by atoms with E-state index in [0.29, 0.717) is 6.42 Å². The molecule has 2 unspecified atom stereocenters. The van der Waals surface area contributed by atoms with Crippen molar-refractivity contribution in [1.29, 1.82) is 0 Å². The van der Waals surface area contributed by atoms with Crippen LogP contribution in [0.15, 0.2) is 0 Å². The zero-order chi connectivity index (χ0) is 13.0. The fourth-order valence-electron chi connectivity index (χ4n) is 3.46. The largest absolute Gasteiger partial charge is 0.481 e. The molecule has 0 radical (unpaired) electrons. The van der Waals surface area contributed by atoms with Gasteiger partial charge in [-0.1, -0.05) is 6.92 Å². The second kappa shape index (κ2) is 6.53. The summed E-state index contributed by atoms with van der Waals surface area (Å²) < 4.78 is 0. The van der Waals surface area contributed by atoms with Crippen molar-refractivity contribution in [1.82, 2.24) is 9.80 Å². The highest BCUT2D eigenvalue weighted by Crippen LogP contribution is 2.30. The van der Waals surface area contributed by atoms with Crippen molar-refractivity contribution in [2.24, 2.45) is 0 Å². The summed E-state index contributed by atoms with van der Waals surface area (Å²) in [5.41, 5.74) is 0. The number of likely N-dealkylation sites (N-methyl/N-ethyl adjacent to an activating group) is 1. The first-order valence-electron chi connectivity index (χ1n) is 7.40. The fourth-order valence-corrected chi connectivity index (χ4v) is 3.46. The zero-order valence-corrected chi connectivity index (χ0v) is 11.5. The van der Waals surface area contributed by atoms with Crippen LogP contribution in [0.3, 0.4) is 0 Å². The third-order valence-electron chi connectivity index (χ3n) is 4.52. The van der Waals surface area contributed by atoms with Crippen molar-refractivity contribution in [2.75, 3.05) is 26.2 Å². The van der Waals surface area contributed by atoms with E-state index in [0.717, 1.165) is 38.0 Å². The molecule has 4 heteroatoms. The highest BCUT2D eigenvalue weighted by atomic mass is 16.4. The summed E-state index contributed by atoms with van der Waals surface area (Å²) in [6, 6.07) is 1.48. The lowest BCUT2D eigenvalue weighted by Crippen LogP contribution is -2.39. The number of hydrogen-bond donors (Lipinski definition) is 1. The quantitative estimate of drug-likeness (QED) is 0.734. The molecule has 1 N–H and O–H groups in total. The van der Waals surface area contributed by atoms with Gasteiger partial charge in [0.1, 0.15) is 0 Å². The van der Waals surface area contributed by atoms with Crippen LogP contribution in [-0.4, -0.2) is 59.1 Å². The standard InChI is InChI=1S/C14H26N2O2/c1-2-15-10-8-12-6-7-13(11-15)16(12)9-4-3-5-14(17)18/h12-13H,2-11H2,1H3,(H,17,18). The van der Waals surface area contributed by atoms with Crippen LogP contribution in [0, 0.1) is 0 Å². The summed E-state index contributed by atoms with van der Waals surface area (Å²) in [4.78, 5) is 15.7. The van der Waals surface area contributed by atoms with Crippen molar-refractivity contribution in [2.45, 2.75) is 57.5 Å². The van der Waals surface area contributed by atoms with Crippen molar-refractivity contribution in [3.05, 3.63) is 0 Å². The minimum Gasteiger partial charge on any atom is -0.481 e. The Morgan fingerprint density at radius 1 is 1.22 bits per heavy atom. The molecule has 2 rings (SSSR count). The van der Waals surface area contributed by atoms with Gasteiger partial charge in [-0.15, -0.1) is 0 Å². The van der Waals surface area contributed by atoms with Gasteiger partial charge in [0.2, 0.25) is 0 Å².